The van der Waals surface area contributed by atoms with Crippen LogP contribution in [0.15, 0.2) is 71.5 Å². The number of methoxy groups -OCH3 is 1. The van der Waals surface area contributed by atoms with Gasteiger partial charge in [-0.15, -0.1) is 0 Å². The highest BCUT2D eigenvalue weighted by molar-refractivity contribution is 5.76. The smallest absolute Gasteiger partial charge is 0.346 e. The molecule has 1 aromatic heterocycles. The predicted octanol–water partition coefficient (Wildman–Crippen LogP) is 6.78. The Balaban J connectivity index is 1.44. The second-order valence-electron chi connectivity index (χ2n) is 11.8. The Morgan fingerprint density at radius 3 is 2.29 bits per heavy atom. The van der Waals surface area contributed by atoms with Crippen LogP contribution in [0.3, 0.4) is 0 Å². The van der Waals surface area contributed by atoms with Gasteiger partial charge < -0.3 is 9.53 Å². The molecule has 0 saturated carbocycles. The molecule has 0 fully saturated rings. The Morgan fingerprint density at radius 1 is 0.902 bits per heavy atom. The Bertz CT molecular complexity index is 1540. The van der Waals surface area contributed by atoms with Gasteiger partial charge in [-0.25, -0.2) is 9.48 Å². The van der Waals surface area contributed by atoms with Crippen molar-refractivity contribution in [3.05, 3.63) is 105 Å². The van der Waals surface area contributed by atoms with Gasteiger partial charge in [0, 0.05) is 19.4 Å². The fraction of sp³-hybridized carbons (Fsp3) is 0.400. The summed E-state index contributed by atoms with van der Waals surface area (Å²) < 4.78 is 8.91. The lowest BCUT2D eigenvalue weighted by Crippen LogP contribution is -2.25. The molecule has 0 atom stereocenters. The number of Topliss-reactive ketones (excluding diaryl/α,β-unsaturated/α-hetero) is 1. The number of carbonyl (C=O) groups excluding carboxylic acids is 1. The molecular formula is C35H43N3O3. The number of carbonyl (C=O) groups is 1. The van der Waals surface area contributed by atoms with Gasteiger partial charge in [0.2, 0.25) is 0 Å². The van der Waals surface area contributed by atoms with Crippen LogP contribution in [-0.2, 0) is 42.6 Å². The third kappa shape index (κ3) is 7.63. The van der Waals surface area contributed by atoms with Crippen LogP contribution < -0.4 is 10.4 Å². The first-order valence-corrected chi connectivity index (χ1v) is 14.6. The average Bonchev–Trinajstić information content (AvgIpc) is 3.25. The van der Waals surface area contributed by atoms with Gasteiger partial charge >= 0.3 is 5.69 Å². The average molecular weight is 554 g/mol. The van der Waals surface area contributed by atoms with Crippen LogP contribution in [0.2, 0.25) is 0 Å². The van der Waals surface area contributed by atoms with Gasteiger partial charge in [0.1, 0.15) is 17.4 Å². The Morgan fingerprint density at radius 2 is 1.63 bits per heavy atom. The zero-order chi connectivity index (χ0) is 29.6. The second kappa shape index (κ2) is 13.2. The first kappa shape index (κ1) is 30.0. The second-order valence-corrected chi connectivity index (χ2v) is 11.8. The number of nitrogens with zero attached hydrogens (tertiary/aromatic N) is 3. The highest BCUT2D eigenvalue weighted by Crippen LogP contribution is 2.29. The van der Waals surface area contributed by atoms with Crippen molar-refractivity contribution in [1.82, 2.24) is 14.3 Å². The molecule has 0 aliphatic rings. The molecule has 0 spiro atoms. The van der Waals surface area contributed by atoms with E-state index in [4.69, 9.17) is 9.84 Å². The summed E-state index contributed by atoms with van der Waals surface area (Å²) in [4.78, 5) is 24.6. The SMILES string of the molecule is CCn1c(CCCc2cccc(-c3ccc(OC)c(CCC(C)=O)c3)c2)nn(Cc2ccc(C(C)(C)C)cc2)c1=O. The molecule has 0 unspecified atom stereocenters. The molecule has 6 nitrogen and oxygen atoms in total. The molecule has 0 saturated heterocycles. The number of ketones is 1. The number of aromatic nitrogens is 3. The van der Waals surface area contributed by atoms with E-state index < -0.39 is 0 Å². The van der Waals surface area contributed by atoms with Gasteiger partial charge in [-0.1, -0.05) is 75.4 Å². The summed E-state index contributed by atoms with van der Waals surface area (Å²) in [5.74, 6) is 1.83. The van der Waals surface area contributed by atoms with Gasteiger partial charge in [-0.3, -0.25) is 4.57 Å². The third-order valence-electron chi connectivity index (χ3n) is 7.62. The van der Waals surface area contributed by atoms with Crippen LogP contribution in [0.1, 0.15) is 75.5 Å². The molecule has 0 bridgehead atoms. The van der Waals surface area contributed by atoms with E-state index in [0.717, 1.165) is 53.1 Å². The van der Waals surface area contributed by atoms with E-state index in [1.54, 1.807) is 23.3 Å². The predicted molar refractivity (Wildman–Crippen MR) is 166 cm³/mol. The molecule has 3 aromatic carbocycles. The molecule has 41 heavy (non-hydrogen) atoms. The molecule has 1 heterocycles. The molecule has 6 heteroatoms. The van der Waals surface area contributed by atoms with Crippen molar-refractivity contribution in [3.8, 4) is 16.9 Å². The maximum atomic E-state index is 13.1. The maximum Gasteiger partial charge on any atom is 0.346 e. The van der Waals surface area contributed by atoms with Crippen LogP contribution in [0.4, 0.5) is 0 Å². The van der Waals surface area contributed by atoms with E-state index in [0.29, 0.717) is 25.9 Å². The van der Waals surface area contributed by atoms with Crippen molar-refractivity contribution in [2.75, 3.05) is 7.11 Å². The number of ether oxygens (including phenoxy) is 1. The van der Waals surface area contributed by atoms with Crippen molar-refractivity contribution in [2.24, 2.45) is 0 Å². The zero-order valence-corrected chi connectivity index (χ0v) is 25.4. The highest BCUT2D eigenvalue weighted by atomic mass is 16.5. The monoisotopic (exact) mass is 553 g/mol. The van der Waals surface area contributed by atoms with Crippen LogP contribution in [0, 0.1) is 0 Å². The fourth-order valence-electron chi connectivity index (χ4n) is 5.20. The summed E-state index contributed by atoms with van der Waals surface area (Å²) in [5.41, 5.74) is 6.94. The minimum absolute atomic E-state index is 0.0514. The Labute approximate surface area is 244 Å². The number of hydrogen-bond acceptors (Lipinski definition) is 4. The topological polar surface area (TPSA) is 66.1 Å². The van der Waals surface area contributed by atoms with Crippen LogP contribution in [0.5, 0.6) is 5.75 Å². The van der Waals surface area contributed by atoms with E-state index in [1.807, 2.05) is 13.0 Å². The normalized spacial score (nSPS) is 11.6. The van der Waals surface area contributed by atoms with Gasteiger partial charge in [-0.2, -0.15) is 5.10 Å². The third-order valence-corrected chi connectivity index (χ3v) is 7.62. The summed E-state index contributed by atoms with van der Waals surface area (Å²) in [6, 6.07) is 23.2. The zero-order valence-electron chi connectivity index (χ0n) is 25.4. The molecule has 0 aliphatic heterocycles. The van der Waals surface area contributed by atoms with Crippen LogP contribution >= 0.6 is 0 Å². The summed E-state index contributed by atoms with van der Waals surface area (Å²) in [6.45, 7) is 11.3. The molecule has 216 valence electrons. The number of aryl methyl sites for hydroxylation is 3. The number of benzene rings is 3. The van der Waals surface area contributed by atoms with Crippen molar-refractivity contribution >= 4 is 5.78 Å². The first-order valence-electron chi connectivity index (χ1n) is 14.6. The lowest BCUT2D eigenvalue weighted by molar-refractivity contribution is -0.116. The van der Waals surface area contributed by atoms with Gasteiger partial charge in [0.05, 0.1) is 13.7 Å². The van der Waals surface area contributed by atoms with Crippen molar-refractivity contribution in [1.29, 1.82) is 0 Å². The maximum absolute atomic E-state index is 13.1. The summed E-state index contributed by atoms with van der Waals surface area (Å²) in [7, 11) is 1.66. The lowest BCUT2D eigenvalue weighted by atomic mass is 9.87. The fourth-order valence-corrected chi connectivity index (χ4v) is 5.20. The molecule has 0 aliphatic carbocycles. The van der Waals surface area contributed by atoms with E-state index in [-0.39, 0.29) is 16.9 Å². The van der Waals surface area contributed by atoms with E-state index in [1.165, 1.54) is 11.1 Å². The van der Waals surface area contributed by atoms with Crippen LogP contribution in [0.25, 0.3) is 11.1 Å². The first-order chi connectivity index (χ1) is 19.6. The summed E-state index contributed by atoms with van der Waals surface area (Å²) in [6.07, 6.45) is 3.69. The Hall–Kier alpha value is -3.93. The molecule has 0 radical (unpaired) electrons. The van der Waals surface area contributed by atoms with Crippen molar-refractivity contribution in [3.63, 3.8) is 0 Å². The Kier molecular flexibility index (Phi) is 9.64. The minimum atomic E-state index is -0.0514. The molecule has 4 rings (SSSR count). The van der Waals surface area contributed by atoms with Crippen LogP contribution in [-0.4, -0.2) is 27.2 Å². The van der Waals surface area contributed by atoms with E-state index in [2.05, 4.69) is 81.4 Å². The van der Waals surface area contributed by atoms with Crippen molar-refractivity contribution in [2.45, 2.75) is 85.2 Å². The minimum Gasteiger partial charge on any atom is -0.496 e. The van der Waals surface area contributed by atoms with E-state index >= 15 is 0 Å². The van der Waals surface area contributed by atoms with Crippen molar-refractivity contribution < 1.29 is 9.53 Å². The summed E-state index contributed by atoms with van der Waals surface area (Å²) >= 11 is 0. The number of hydrogen-bond donors (Lipinski definition) is 0. The highest BCUT2D eigenvalue weighted by Gasteiger charge is 2.15. The number of rotatable bonds is 12. The molecule has 0 amide bonds. The quantitative estimate of drug-likeness (QED) is 0.194. The summed E-state index contributed by atoms with van der Waals surface area (Å²) in [5, 5.41) is 4.73. The molecule has 4 aromatic rings. The molecular weight excluding hydrogens is 510 g/mol. The van der Waals surface area contributed by atoms with Gasteiger partial charge in [0.25, 0.3) is 0 Å². The van der Waals surface area contributed by atoms with Gasteiger partial charge in [0.15, 0.2) is 0 Å². The lowest BCUT2D eigenvalue weighted by Gasteiger charge is -2.19. The standard InChI is InChI=1S/C35H43N3O3/c1-7-37-33(36-38(34(37)40)24-27-15-19-31(20-16-27)35(3,4)5)13-9-11-26-10-8-12-28(22-26)29-18-21-32(41-6)30(23-29)17-14-25(2)39/h8,10,12,15-16,18-23H,7,9,11,13-14,17,24H2,1-6H3. The van der Waals surface area contributed by atoms with Gasteiger partial charge in [-0.05, 0) is 84.0 Å². The van der Waals surface area contributed by atoms with E-state index in [9.17, 15) is 9.59 Å². The largest absolute Gasteiger partial charge is 0.496 e. The molecule has 0 N–H and O–H groups in total.